The Bertz CT molecular complexity index is 791. The highest BCUT2D eigenvalue weighted by molar-refractivity contribution is 7.24. The Hall–Kier alpha value is -1.67. The highest BCUT2D eigenvalue weighted by Crippen LogP contribution is 2.41. The molecule has 2 rings (SSSR count). The summed E-state index contributed by atoms with van der Waals surface area (Å²) < 4.78 is 5.87. The fourth-order valence-corrected chi connectivity index (χ4v) is 4.09. The lowest BCUT2D eigenvalue weighted by atomic mass is 10.1. The Morgan fingerprint density at radius 2 is 2.08 bits per heavy atom. The Kier molecular flexibility index (Phi) is 7.84. The van der Waals surface area contributed by atoms with E-state index in [0.717, 1.165) is 29.6 Å². The van der Waals surface area contributed by atoms with Crippen LogP contribution in [0.5, 0.6) is 0 Å². The number of amides is 1. The molecule has 6 nitrogen and oxygen atoms in total. The van der Waals surface area contributed by atoms with Gasteiger partial charge in [0.05, 0.1) is 16.3 Å². The highest BCUT2D eigenvalue weighted by Gasteiger charge is 2.23. The van der Waals surface area contributed by atoms with Crippen LogP contribution < -0.4 is 10.6 Å². The zero-order valence-electron chi connectivity index (χ0n) is 14.9. The predicted octanol–water partition coefficient (Wildman–Crippen LogP) is 3.55. The minimum Gasteiger partial charge on any atom is -0.462 e. The maximum absolute atomic E-state index is 12.3. The number of halogens is 1. The van der Waals surface area contributed by atoms with Crippen LogP contribution in [-0.4, -0.2) is 36.7 Å². The van der Waals surface area contributed by atoms with Gasteiger partial charge in [-0.25, -0.2) is 4.79 Å². The van der Waals surface area contributed by atoms with E-state index in [1.807, 2.05) is 12.1 Å². The molecule has 0 saturated carbocycles. The second-order valence-corrected chi connectivity index (χ2v) is 7.13. The van der Waals surface area contributed by atoms with Crippen molar-refractivity contribution in [1.29, 1.82) is 0 Å². The quantitative estimate of drug-likeness (QED) is 0.444. The average molecular weight is 399 g/mol. The van der Waals surface area contributed by atoms with E-state index in [-0.39, 0.29) is 19.1 Å². The summed E-state index contributed by atoms with van der Waals surface area (Å²) in [6.45, 7) is 4.93. The molecule has 26 heavy (non-hydrogen) atoms. The molecule has 2 aromatic rings. The van der Waals surface area contributed by atoms with Crippen LogP contribution in [0.2, 0.25) is 5.02 Å². The van der Waals surface area contributed by atoms with Gasteiger partial charge in [0.25, 0.3) is 0 Å². The number of carbonyl (C=O) groups is 2. The van der Waals surface area contributed by atoms with Gasteiger partial charge in [-0.3, -0.25) is 4.79 Å². The van der Waals surface area contributed by atoms with Gasteiger partial charge in [-0.2, -0.15) is 0 Å². The molecule has 3 N–H and O–H groups in total. The van der Waals surface area contributed by atoms with E-state index in [9.17, 15) is 9.59 Å². The molecule has 0 aliphatic heterocycles. The van der Waals surface area contributed by atoms with E-state index in [4.69, 9.17) is 21.4 Å². The number of fused-ring (bicyclic) bond motifs is 1. The third-order valence-electron chi connectivity index (χ3n) is 3.72. The summed E-state index contributed by atoms with van der Waals surface area (Å²) >= 11 is 7.82. The standard InChI is InChI=1S/C18H23ClN2O4S/c1-3-25-18(24)14-13-7-6-12(10-20-8-4-5-9-22)15(19)16(13)26-17(14)21-11(2)23/h6-7,20,22H,3-5,8-10H2,1-2H3,(H,21,23). The lowest BCUT2D eigenvalue weighted by Crippen LogP contribution is -2.15. The highest BCUT2D eigenvalue weighted by atomic mass is 35.5. The molecule has 1 heterocycles. The SMILES string of the molecule is CCOC(=O)c1c(NC(C)=O)sc2c(Cl)c(CNCCCCO)ccc12. The minimum absolute atomic E-state index is 0.187. The molecule has 8 heteroatoms. The normalized spacial score (nSPS) is 10.9. The number of ether oxygens (including phenoxy) is 1. The molecule has 1 amide bonds. The number of carbonyl (C=O) groups excluding carboxylic acids is 2. The van der Waals surface area contributed by atoms with Crippen molar-refractivity contribution in [3.05, 3.63) is 28.3 Å². The van der Waals surface area contributed by atoms with Crippen LogP contribution in [0.1, 0.15) is 42.6 Å². The predicted molar refractivity (Wildman–Crippen MR) is 105 cm³/mol. The number of esters is 1. The van der Waals surface area contributed by atoms with E-state index < -0.39 is 5.97 Å². The van der Waals surface area contributed by atoms with Crippen molar-refractivity contribution in [1.82, 2.24) is 5.32 Å². The molecule has 142 valence electrons. The van der Waals surface area contributed by atoms with Gasteiger partial charge < -0.3 is 20.5 Å². The Balaban J connectivity index is 2.34. The third-order valence-corrected chi connectivity index (χ3v) is 5.41. The van der Waals surface area contributed by atoms with Gasteiger partial charge in [0.1, 0.15) is 10.6 Å². The zero-order valence-corrected chi connectivity index (χ0v) is 16.4. The third kappa shape index (κ3) is 4.94. The van der Waals surface area contributed by atoms with Gasteiger partial charge in [0.15, 0.2) is 0 Å². The molecular formula is C18H23ClN2O4S. The number of thiophene rings is 1. The van der Waals surface area contributed by atoms with Gasteiger partial charge in [-0.1, -0.05) is 23.7 Å². The average Bonchev–Trinajstić information content (AvgIpc) is 2.95. The molecule has 1 aromatic heterocycles. The molecule has 0 unspecified atom stereocenters. The summed E-state index contributed by atoms with van der Waals surface area (Å²) in [5.41, 5.74) is 1.25. The molecule has 0 bridgehead atoms. The van der Waals surface area contributed by atoms with Gasteiger partial charge in [0, 0.05) is 25.5 Å². The Labute approximate surface area is 161 Å². The fourth-order valence-electron chi connectivity index (χ4n) is 2.54. The van der Waals surface area contributed by atoms with E-state index >= 15 is 0 Å². The van der Waals surface area contributed by atoms with Crippen molar-refractivity contribution in [3.8, 4) is 0 Å². The van der Waals surface area contributed by atoms with Crippen LogP contribution in [0.3, 0.4) is 0 Å². The lowest BCUT2D eigenvalue weighted by molar-refractivity contribution is -0.114. The van der Waals surface area contributed by atoms with Crippen molar-refractivity contribution in [2.45, 2.75) is 33.2 Å². The number of aliphatic hydroxyl groups excluding tert-OH is 1. The first-order valence-electron chi connectivity index (χ1n) is 8.49. The van der Waals surface area contributed by atoms with Crippen LogP contribution in [0.4, 0.5) is 5.00 Å². The Morgan fingerprint density at radius 1 is 1.31 bits per heavy atom. The molecule has 0 saturated heterocycles. The van der Waals surface area contributed by atoms with Crippen molar-refractivity contribution in [2.75, 3.05) is 25.1 Å². The number of hydrogen-bond acceptors (Lipinski definition) is 6. The second kappa shape index (κ2) is 9.87. The first-order valence-corrected chi connectivity index (χ1v) is 9.69. The maximum Gasteiger partial charge on any atom is 0.341 e. The maximum atomic E-state index is 12.3. The fraction of sp³-hybridized carbons (Fsp3) is 0.444. The first-order chi connectivity index (χ1) is 12.5. The van der Waals surface area contributed by atoms with Crippen LogP contribution in [-0.2, 0) is 16.1 Å². The monoisotopic (exact) mass is 398 g/mol. The molecule has 1 aromatic carbocycles. The zero-order chi connectivity index (χ0) is 19.1. The number of rotatable bonds is 9. The summed E-state index contributed by atoms with van der Waals surface area (Å²) in [6.07, 6.45) is 1.64. The molecule has 0 radical (unpaired) electrons. The molecule has 0 aliphatic rings. The molecule has 0 atom stereocenters. The van der Waals surface area contributed by atoms with Crippen LogP contribution in [0.25, 0.3) is 10.1 Å². The van der Waals surface area contributed by atoms with E-state index in [1.165, 1.54) is 18.3 Å². The van der Waals surface area contributed by atoms with Crippen molar-refractivity contribution in [3.63, 3.8) is 0 Å². The topological polar surface area (TPSA) is 87.7 Å². The molecule has 0 spiro atoms. The second-order valence-electron chi connectivity index (χ2n) is 5.73. The number of unbranched alkanes of at least 4 members (excludes halogenated alkanes) is 1. The van der Waals surface area contributed by atoms with Crippen molar-refractivity contribution < 1.29 is 19.4 Å². The van der Waals surface area contributed by atoms with Crippen LogP contribution in [0, 0.1) is 0 Å². The molecule has 0 aliphatic carbocycles. The number of aliphatic hydroxyl groups is 1. The summed E-state index contributed by atoms with van der Waals surface area (Å²) in [6, 6.07) is 3.71. The Morgan fingerprint density at radius 3 is 2.73 bits per heavy atom. The number of nitrogens with one attached hydrogen (secondary N) is 2. The number of hydrogen-bond donors (Lipinski definition) is 3. The van der Waals surface area contributed by atoms with Gasteiger partial charge >= 0.3 is 5.97 Å². The molecular weight excluding hydrogens is 376 g/mol. The summed E-state index contributed by atoms with van der Waals surface area (Å²) in [5.74, 6) is -0.738. The summed E-state index contributed by atoms with van der Waals surface area (Å²) in [4.78, 5) is 23.8. The summed E-state index contributed by atoms with van der Waals surface area (Å²) in [5, 5.41) is 16.5. The van der Waals surface area contributed by atoms with Gasteiger partial charge in [-0.15, -0.1) is 11.3 Å². The minimum atomic E-state index is -0.478. The van der Waals surface area contributed by atoms with E-state index in [0.29, 0.717) is 27.5 Å². The van der Waals surface area contributed by atoms with Crippen molar-refractivity contribution >= 4 is 49.9 Å². The van der Waals surface area contributed by atoms with Crippen LogP contribution >= 0.6 is 22.9 Å². The molecule has 0 fully saturated rings. The van der Waals surface area contributed by atoms with E-state index in [2.05, 4.69) is 10.6 Å². The van der Waals surface area contributed by atoms with E-state index in [1.54, 1.807) is 6.92 Å². The first kappa shape index (κ1) is 20.6. The van der Waals surface area contributed by atoms with Gasteiger partial charge in [0.2, 0.25) is 5.91 Å². The lowest BCUT2D eigenvalue weighted by Gasteiger charge is -2.08. The van der Waals surface area contributed by atoms with Crippen molar-refractivity contribution in [2.24, 2.45) is 0 Å². The largest absolute Gasteiger partial charge is 0.462 e. The van der Waals surface area contributed by atoms with Crippen LogP contribution in [0.15, 0.2) is 12.1 Å². The number of benzene rings is 1. The smallest absolute Gasteiger partial charge is 0.341 e. The summed E-state index contributed by atoms with van der Waals surface area (Å²) in [7, 11) is 0. The van der Waals surface area contributed by atoms with Gasteiger partial charge in [-0.05, 0) is 31.9 Å². The number of anilines is 1.